The normalized spacial score (nSPS) is 16.5. The van der Waals surface area contributed by atoms with Crippen molar-refractivity contribution in [2.45, 2.75) is 37.0 Å². The summed E-state index contributed by atoms with van der Waals surface area (Å²) in [5.41, 5.74) is 7.90. The molecule has 1 aromatic heterocycles. The number of amides is 2. The number of nitrogens with one attached hydrogen (secondary N) is 2. The van der Waals surface area contributed by atoms with Crippen molar-refractivity contribution < 1.29 is 18.0 Å². The van der Waals surface area contributed by atoms with Crippen LogP contribution in [0.3, 0.4) is 0 Å². The van der Waals surface area contributed by atoms with E-state index >= 15 is 0 Å². The highest BCUT2D eigenvalue weighted by atomic mass is 32.2. The van der Waals surface area contributed by atoms with E-state index in [-0.39, 0.29) is 31.2 Å². The lowest BCUT2D eigenvalue weighted by molar-refractivity contribution is 0.0724. The second-order valence-corrected chi connectivity index (χ2v) is 11.2. The van der Waals surface area contributed by atoms with Crippen molar-refractivity contribution in [1.29, 1.82) is 5.26 Å². The summed E-state index contributed by atoms with van der Waals surface area (Å²) in [5.74, 6) is -0.714. The van der Waals surface area contributed by atoms with Gasteiger partial charge in [0.25, 0.3) is 11.8 Å². The SMILES string of the molecule is Cn1nc(C(=O)NCc2ccc(C#N)cc2)c2c1C(=O)N(CC1(S(=O)(=O)NCCCN)CC1)CC2. The number of nitrogens with two attached hydrogens (primary N) is 1. The molecule has 0 saturated heterocycles. The number of rotatable bonds is 10. The standard InChI is InChI=1S/C23H29N7O4S/c1-29-20-18(19(28-29)21(31)26-14-17-5-3-16(13-25)4-6-17)7-12-30(22(20)32)15-23(8-9-23)35(33,34)27-11-2-10-24/h3-6,27H,2,7-12,14-15,24H2,1H3,(H,26,31). The third-order valence-electron chi connectivity index (χ3n) is 6.55. The molecule has 1 fully saturated rings. The molecule has 11 nitrogen and oxygen atoms in total. The number of sulfonamides is 1. The average Bonchev–Trinajstić information content (AvgIpc) is 3.56. The van der Waals surface area contributed by atoms with Crippen molar-refractivity contribution in [2.24, 2.45) is 12.8 Å². The molecule has 12 heteroatoms. The van der Waals surface area contributed by atoms with Crippen LogP contribution in [0.5, 0.6) is 0 Å². The van der Waals surface area contributed by atoms with Gasteiger partial charge in [-0.1, -0.05) is 12.1 Å². The van der Waals surface area contributed by atoms with Gasteiger partial charge < -0.3 is 16.0 Å². The first-order chi connectivity index (χ1) is 16.7. The predicted octanol–water partition coefficient (Wildman–Crippen LogP) is 0.0209. The van der Waals surface area contributed by atoms with E-state index in [4.69, 9.17) is 11.0 Å². The summed E-state index contributed by atoms with van der Waals surface area (Å²) in [6.45, 7) is 1.35. The maximum atomic E-state index is 13.3. The van der Waals surface area contributed by atoms with Gasteiger partial charge >= 0.3 is 0 Å². The predicted molar refractivity (Wildman–Crippen MR) is 128 cm³/mol. The molecule has 0 spiro atoms. The highest BCUT2D eigenvalue weighted by Gasteiger charge is 2.56. The molecular weight excluding hydrogens is 470 g/mol. The van der Waals surface area contributed by atoms with E-state index < -0.39 is 20.7 Å². The van der Waals surface area contributed by atoms with Gasteiger partial charge in [-0.15, -0.1) is 0 Å². The van der Waals surface area contributed by atoms with Crippen molar-refractivity contribution in [1.82, 2.24) is 24.7 Å². The third kappa shape index (κ3) is 4.93. The zero-order valence-electron chi connectivity index (χ0n) is 19.6. The monoisotopic (exact) mass is 499 g/mol. The maximum absolute atomic E-state index is 13.3. The fourth-order valence-corrected chi connectivity index (χ4v) is 6.01. The minimum atomic E-state index is -3.58. The number of carbonyl (C=O) groups excluding carboxylic acids is 2. The Bertz CT molecular complexity index is 1270. The number of nitrogens with zero attached hydrogens (tertiary/aromatic N) is 4. The molecule has 1 aromatic carbocycles. The minimum absolute atomic E-state index is 0.106. The van der Waals surface area contributed by atoms with Gasteiger partial charge in [-0.3, -0.25) is 14.3 Å². The first-order valence-electron chi connectivity index (χ1n) is 11.5. The van der Waals surface area contributed by atoms with Gasteiger partial charge in [0, 0.05) is 38.8 Å². The first-order valence-corrected chi connectivity index (χ1v) is 13.0. The lowest BCUT2D eigenvalue weighted by atomic mass is 10.0. The summed E-state index contributed by atoms with van der Waals surface area (Å²) >= 11 is 0. The number of nitriles is 1. The summed E-state index contributed by atoms with van der Waals surface area (Å²) in [4.78, 5) is 27.7. The van der Waals surface area contributed by atoms with Crippen LogP contribution in [0.4, 0.5) is 0 Å². The molecule has 35 heavy (non-hydrogen) atoms. The largest absolute Gasteiger partial charge is 0.347 e. The molecule has 1 aliphatic carbocycles. The van der Waals surface area contributed by atoms with E-state index in [9.17, 15) is 18.0 Å². The smallest absolute Gasteiger partial charge is 0.272 e. The van der Waals surface area contributed by atoms with Gasteiger partial charge in [0.2, 0.25) is 10.0 Å². The molecule has 0 bridgehead atoms. The number of aromatic nitrogens is 2. The van der Waals surface area contributed by atoms with Crippen LogP contribution in [0.2, 0.25) is 0 Å². The number of carbonyl (C=O) groups is 2. The molecule has 2 aliphatic rings. The highest BCUT2D eigenvalue weighted by molar-refractivity contribution is 7.91. The molecule has 186 valence electrons. The molecule has 2 aromatic rings. The van der Waals surface area contributed by atoms with Crippen molar-refractivity contribution in [3.8, 4) is 6.07 Å². The second-order valence-electron chi connectivity index (χ2n) is 8.99. The Kier molecular flexibility index (Phi) is 6.93. The molecule has 2 amide bonds. The fraction of sp³-hybridized carbons (Fsp3) is 0.478. The summed E-state index contributed by atoms with van der Waals surface area (Å²) < 4.78 is 28.7. The minimum Gasteiger partial charge on any atom is -0.347 e. The molecule has 4 N–H and O–H groups in total. The van der Waals surface area contributed by atoms with Gasteiger partial charge in [0.1, 0.15) is 10.4 Å². The fourth-order valence-electron chi connectivity index (χ4n) is 4.33. The average molecular weight is 500 g/mol. The van der Waals surface area contributed by atoms with Gasteiger partial charge in [0.15, 0.2) is 5.69 Å². The molecule has 1 saturated carbocycles. The topological polar surface area (TPSA) is 163 Å². The number of fused-ring (bicyclic) bond motifs is 1. The van der Waals surface area contributed by atoms with E-state index in [0.29, 0.717) is 55.6 Å². The van der Waals surface area contributed by atoms with Gasteiger partial charge in [0.05, 0.1) is 11.6 Å². The Labute approximate surface area is 204 Å². The quantitative estimate of drug-likeness (QED) is 0.388. The Morgan fingerprint density at radius 3 is 2.63 bits per heavy atom. The Hall–Kier alpha value is -3.27. The van der Waals surface area contributed by atoms with Crippen LogP contribution in [0.25, 0.3) is 0 Å². The van der Waals surface area contributed by atoms with Crippen LogP contribution >= 0.6 is 0 Å². The third-order valence-corrected chi connectivity index (χ3v) is 8.81. The van der Waals surface area contributed by atoms with Crippen molar-refractivity contribution >= 4 is 21.8 Å². The van der Waals surface area contributed by atoms with Crippen LogP contribution in [0, 0.1) is 11.3 Å². The zero-order valence-corrected chi connectivity index (χ0v) is 20.4. The van der Waals surface area contributed by atoms with Gasteiger partial charge in [-0.2, -0.15) is 10.4 Å². The summed E-state index contributed by atoms with van der Waals surface area (Å²) in [6.07, 6.45) is 1.95. The lowest BCUT2D eigenvalue weighted by Gasteiger charge is -2.31. The number of aryl methyl sites for hydroxylation is 1. The van der Waals surface area contributed by atoms with Gasteiger partial charge in [-0.05, 0) is 49.9 Å². The number of hydrogen-bond donors (Lipinski definition) is 3. The summed E-state index contributed by atoms with van der Waals surface area (Å²) in [7, 11) is -1.97. The van der Waals surface area contributed by atoms with Crippen molar-refractivity contribution in [3.05, 3.63) is 52.3 Å². The maximum Gasteiger partial charge on any atom is 0.272 e. The molecule has 4 rings (SSSR count). The summed E-state index contributed by atoms with van der Waals surface area (Å²) in [5, 5.41) is 16.0. The molecule has 0 unspecified atom stereocenters. The van der Waals surface area contributed by atoms with Crippen molar-refractivity contribution in [2.75, 3.05) is 26.2 Å². The number of benzene rings is 1. The van der Waals surface area contributed by atoms with Gasteiger partial charge in [-0.25, -0.2) is 13.1 Å². The van der Waals surface area contributed by atoms with Crippen LogP contribution in [-0.2, 0) is 30.0 Å². The number of hydrogen-bond acceptors (Lipinski definition) is 7. The van der Waals surface area contributed by atoms with Crippen LogP contribution in [-0.4, -0.2) is 65.8 Å². The first kappa shape index (κ1) is 24.8. The molecular formula is C23H29N7O4S. The summed E-state index contributed by atoms with van der Waals surface area (Å²) in [6, 6.07) is 8.94. The zero-order chi connectivity index (χ0) is 25.2. The van der Waals surface area contributed by atoms with E-state index in [1.54, 1.807) is 36.2 Å². The molecule has 2 heterocycles. The Balaban J connectivity index is 1.45. The van der Waals surface area contributed by atoms with E-state index in [1.165, 1.54) is 4.68 Å². The molecule has 1 aliphatic heterocycles. The van der Waals surface area contributed by atoms with Crippen LogP contribution in [0.15, 0.2) is 24.3 Å². The second kappa shape index (κ2) is 9.77. The van der Waals surface area contributed by atoms with Crippen molar-refractivity contribution in [3.63, 3.8) is 0 Å². The lowest BCUT2D eigenvalue weighted by Crippen LogP contribution is -2.49. The van der Waals surface area contributed by atoms with E-state index in [2.05, 4.69) is 15.1 Å². The van der Waals surface area contributed by atoms with E-state index in [1.807, 2.05) is 6.07 Å². The highest BCUT2D eigenvalue weighted by Crippen LogP contribution is 2.44. The molecule has 0 atom stereocenters. The molecule has 0 radical (unpaired) electrons. The van der Waals surface area contributed by atoms with Crippen LogP contribution < -0.4 is 15.8 Å². The Morgan fingerprint density at radius 1 is 1.29 bits per heavy atom. The Morgan fingerprint density at radius 2 is 2.00 bits per heavy atom. The van der Waals surface area contributed by atoms with E-state index in [0.717, 1.165) is 5.56 Å². The van der Waals surface area contributed by atoms with Crippen LogP contribution in [0.1, 0.15) is 56.9 Å².